The van der Waals surface area contributed by atoms with Gasteiger partial charge in [-0.2, -0.15) is 9.37 Å². The van der Waals surface area contributed by atoms with E-state index in [2.05, 4.69) is 20.4 Å². The molecule has 0 fully saturated rings. The number of hydrogen-bond acceptors (Lipinski definition) is 5. The first-order valence-electron chi connectivity index (χ1n) is 6.54. The van der Waals surface area contributed by atoms with E-state index in [0.29, 0.717) is 11.7 Å². The Labute approximate surface area is 121 Å². The van der Waals surface area contributed by atoms with Crippen molar-refractivity contribution >= 4 is 5.91 Å². The predicted octanol–water partition coefficient (Wildman–Crippen LogP) is 2.39. The van der Waals surface area contributed by atoms with Gasteiger partial charge in [-0.1, -0.05) is 25.9 Å². The third-order valence-corrected chi connectivity index (χ3v) is 2.82. The van der Waals surface area contributed by atoms with Crippen LogP contribution in [0.1, 0.15) is 55.8 Å². The fourth-order valence-electron chi connectivity index (χ4n) is 1.57. The zero-order valence-electron chi connectivity index (χ0n) is 12.3. The van der Waals surface area contributed by atoms with Gasteiger partial charge in [0.1, 0.15) is 6.04 Å². The molecule has 1 amide bonds. The molecule has 0 spiro atoms. The summed E-state index contributed by atoms with van der Waals surface area (Å²) in [5.41, 5.74) is 0.0330. The van der Waals surface area contributed by atoms with Gasteiger partial charge in [0, 0.05) is 11.6 Å². The van der Waals surface area contributed by atoms with E-state index < -0.39 is 12.0 Å². The van der Waals surface area contributed by atoms with Crippen LogP contribution < -0.4 is 5.32 Å². The fraction of sp³-hybridized carbons (Fsp3) is 0.429. The Morgan fingerprint density at radius 3 is 2.62 bits per heavy atom. The van der Waals surface area contributed by atoms with Gasteiger partial charge >= 0.3 is 0 Å². The van der Waals surface area contributed by atoms with Crippen LogP contribution in [0.25, 0.3) is 0 Å². The summed E-state index contributed by atoms with van der Waals surface area (Å²) in [6, 6.07) is 2.04. The van der Waals surface area contributed by atoms with Gasteiger partial charge in [-0.15, -0.1) is 0 Å². The molecule has 0 aliphatic rings. The molecule has 1 N–H and O–H groups in total. The Balaban J connectivity index is 2.07. The Morgan fingerprint density at radius 1 is 1.38 bits per heavy atom. The summed E-state index contributed by atoms with van der Waals surface area (Å²) in [7, 11) is 0. The molecule has 0 saturated heterocycles. The Bertz CT molecular complexity index is 631. The molecule has 112 valence electrons. The molecule has 0 aliphatic heterocycles. The van der Waals surface area contributed by atoms with Crippen LogP contribution in [-0.4, -0.2) is 21.0 Å². The van der Waals surface area contributed by atoms with Crippen molar-refractivity contribution < 1.29 is 13.7 Å². The highest BCUT2D eigenvalue weighted by Gasteiger charge is 2.24. The molecule has 2 rings (SSSR count). The lowest BCUT2D eigenvalue weighted by Crippen LogP contribution is -2.27. The van der Waals surface area contributed by atoms with Crippen LogP contribution in [0.15, 0.2) is 22.9 Å². The number of carbonyl (C=O) groups excluding carboxylic acids is 1. The van der Waals surface area contributed by atoms with E-state index >= 15 is 0 Å². The number of pyridine rings is 1. The Hall–Kier alpha value is -2.31. The highest BCUT2D eigenvalue weighted by Crippen LogP contribution is 2.20. The fourth-order valence-corrected chi connectivity index (χ4v) is 1.57. The molecule has 0 aromatic carbocycles. The largest absolute Gasteiger partial charge is 0.340 e. The van der Waals surface area contributed by atoms with Gasteiger partial charge in [0.25, 0.3) is 5.91 Å². The van der Waals surface area contributed by atoms with E-state index in [1.54, 1.807) is 6.92 Å². The van der Waals surface area contributed by atoms with Crippen molar-refractivity contribution in [1.82, 2.24) is 20.4 Å². The summed E-state index contributed by atoms with van der Waals surface area (Å²) in [4.78, 5) is 19.7. The monoisotopic (exact) mass is 292 g/mol. The minimum Gasteiger partial charge on any atom is -0.340 e. The van der Waals surface area contributed by atoms with Crippen molar-refractivity contribution in [3.8, 4) is 0 Å². The summed E-state index contributed by atoms with van der Waals surface area (Å²) >= 11 is 0. The van der Waals surface area contributed by atoms with Gasteiger partial charge in [-0.25, -0.2) is 4.98 Å². The van der Waals surface area contributed by atoms with E-state index in [9.17, 15) is 9.18 Å². The lowest BCUT2D eigenvalue weighted by molar-refractivity contribution is 0.0932. The van der Waals surface area contributed by atoms with Crippen molar-refractivity contribution in [3.05, 3.63) is 41.6 Å². The SMILES string of the molecule is C[C@H](NC(=O)c1ccc(F)nc1)c1nc(C(C)(C)C)no1. The normalized spacial score (nSPS) is 13.0. The number of aromatic nitrogens is 3. The van der Waals surface area contributed by atoms with Gasteiger partial charge in [0.15, 0.2) is 5.82 Å². The quantitative estimate of drug-likeness (QED) is 0.878. The predicted molar refractivity (Wildman–Crippen MR) is 73.1 cm³/mol. The molecule has 7 heteroatoms. The van der Waals surface area contributed by atoms with Crippen molar-refractivity contribution in [2.24, 2.45) is 0 Å². The van der Waals surface area contributed by atoms with Crippen molar-refractivity contribution in [3.63, 3.8) is 0 Å². The first-order valence-corrected chi connectivity index (χ1v) is 6.54. The van der Waals surface area contributed by atoms with Crippen LogP contribution in [0.3, 0.4) is 0 Å². The average molecular weight is 292 g/mol. The second kappa shape index (κ2) is 5.59. The molecule has 0 radical (unpaired) electrons. The first kappa shape index (κ1) is 15.1. The molecular weight excluding hydrogens is 275 g/mol. The zero-order valence-corrected chi connectivity index (χ0v) is 12.3. The van der Waals surface area contributed by atoms with Crippen LogP contribution >= 0.6 is 0 Å². The van der Waals surface area contributed by atoms with Crippen LogP contribution in [0.5, 0.6) is 0 Å². The lowest BCUT2D eigenvalue weighted by Gasteiger charge is -2.12. The number of nitrogens with zero attached hydrogens (tertiary/aromatic N) is 3. The minimum atomic E-state index is -0.633. The molecule has 6 nitrogen and oxygen atoms in total. The topological polar surface area (TPSA) is 80.9 Å². The third-order valence-electron chi connectivity index (χ3n) is 2.82. The maximum Gasteiger partial charge on any atom is 0.253 e. The average Bonchev–Trinajstić information content (AvgIpc) is 2.88. The second-order valence-electron chi connectivity index (χ2n) is 5.77. The molecule has 0 aliphatic carbocycles. The summed E-state index contributed by atoms with van der Waals surface area (Å²) < 4.78 is 17.9. The smallest absolute Gasteiger partial charge is 0.253 e. The molecular formula is C14H17FN4O2. The maximum atomic E-state index is 12.7. The number of halogens is 1. The zero-order chi connectivity index (χ0) is 15.6. The molecule has 2 heterocycles. The first-order chi connectivity index (χ1) is 9.77. The molecule has 1 atom stereocenters. The number of nitrogens with one attached hydrogen (secondary N) is 1. The van der Waals surface area contributed by atoms with E-state index in [1.165, 1.54) is 12.3 Å². The molecule has 0 bridgehead atoms. The van der Waals surface area contributed by atoms with Crippen molar-refractivity contribution in [1.29, 1.82) is 0 Å². The molecule has 0 unspecified atom stereocenters. The van der Waals surface area contributed by atoms with Crippen LogP contribution in [0.4, 0.5) is 4.39 Å². The molecule has 2 aromatic rings. The van der Waals surface area contributed by atoms with Gasteiger partial charge in [-0.3, -0.25) is 4.79 Å². The lowest BCUT2D eigenvalue weighted by atomic mass is 9.96. The van der Waals surface area contributed by atoms with Crippen LogP contribution in [-0.2, 0) is 5.41 Å². The standard InChI is InChI=1S/C14H17FN4O2/c1-8(12-18-13(19-21-12)14(2,3)4)17-11(20)9-5-6-10(15)16-7-9/h5-8H,1-4H3,(H,17,20)/t8-/m0/s1. The molecule has 2 aromatic heterocycles. The second-order valence-corrected chi connectivity index (χ2v) is 5.77. The van der Waals surface area contributed by atoms with Crippen molar-refractivity contribution in [2.75, 3.05) is 0 Å². The molecule has 21 heavy (non-hydrogen) atoms. The highest BCUT2D eigenvalue weighted by molar-refractivity contribution is 5.93. The van der Waals surface area contributed by atoms with Crippen LogP contribution in [0.2, 0.25) is 0 Å². The number of carbonyl (C=O) groups is 1. The summed E-state index contributed by atoms with van der Waals surface area (Å²) in [5.74, 6) is -0.123. The third kappa shape index (κ3) is 3.62. The van der Waals surface area contributed by atoms with Gasteiger partial charge < -0.3 is 9.84 Å². The highest BCUT2D eigenvalue weighted by atomic mass is 19.1. The van der Waals surface area contributed by atoms with Gasteiger partial charge in [0.05, 0.1) is 5.56 Å². The summed E-state index contributed by atoms with van der Waals surface area (Å²) in [5, 5.41) is 6.60. The van der Waals surface area contributed by atoms with Crippen LogP contribution in [0, 0.1) is 5.95 Å². The Kier molecular flexibility index (Phi) is 4.02. The van der Waals surface area contributed by atoms with Gasteiger partial charge in [0.2, 0.25) is 11.8 Å². The van der Waals surface area contributed by atoms with E-state index in [1.807, 2.05) is 20.8 Å². The van der Waals surface area contributed by atoms with Gasteiger partial charge in [-0.05, 0) is 19.1 Å². The molecule has 0 saturated carbocycles. The van der Waals surface area contributed by atoms with E-state index in [0.717, 1.165) is 6.07 Å². The van der Waals surface area contributed by atoms with Crippen molar-refractivity contribution in [2.45, 2.75) is 39.2 Å². The van der Waals surface area contributed by atoms with E-state index in [4.69, 9.17) is 4.52 Å². The minimum absolute atomic E-state index is 0.230. The number of amides is 1. The number of rotatable bonds is 3. The van der Waals surface area contributed by atoms with E-state index in [-0.39, 0.29) is 16.9 Å². The number of hydrogen-bond donors (Lipinski definition) is 1. The maximum absolute atomic E-state index is 12.7. The summed E-state index contributed by atoms with van der Waals surface area (Å²) in [6.07, 6.45) is 1.17. The Morgan fingerprint density at radius 2 is 2.10 bits per heavy atom. The summed E-state index contributed by atoms with van der Waals surface area (Å²) in [6.45, 7) is 7.63.